The van der Waals surface area contributed by atoms with Crippen molar-refractivity contribution >= 4 is 10.0 Å². The summed E-state index contributed by atoms with van der Waals surface area (Å²) in [6.07, 6.45) is 1.49. The zero-order valence-electron chi connectivity index (χ0n) is 12.1. The molecule has 8 nitrogen and oxygen atoms in total. The van der Waals surface area contributed by atoms with Gasteiger partial charge in [0, 0.05) is 6.54 Å². The van der Waals surface area contributed by atoms with Gasteiger partial charge in [0.2, 0.25) is 10.0 Å². The topological polar surface area (TPSA) is 105 Å². The van der Waals surface area contributed by atoms with Crippen LogP contribution in [-0.4, -0.2) is 39.6 Å². The Kier molecular flexibility index (Phi) is 3.33. The average molecular weight is 311 g/mol. The van der Waals surface area contributed by atoms with Crippen LogP contribution in [0.2, 0.25) is 0 Å². The van der Waals surface area contributed by atoms with Gasteiger partial charge in [0.1, 0.15) is 16.4 Å². The van der Waals surface area contributed by atoms with E-state index in [4.69, 9.17) is 4.52 Å². The van der Waals surface area contributed by atoms with Gasteiger partial charge in [-0.3, -0.25) is 5.10 Å². The first-order chi connectivity index (χ1) is 9.91. The summed E-state index contributed by atoms with van der Waals surface area (Å²) in [5, 5.41) is 10.6. The Balaban J connectivity index is 2.02. The number of aryl methyl sites for hydroxylation is 3. The summed E-state index contributed by atoms with van der Waals surface area (Å²) in [4.78, 5) is 4.43. The maximum absolute atomic E-state index is 12.9. The van der Waals surface area contributed by atoms with Crippen molar-refractivity contribution in [2.24, 2.45) is 0 Å². The quantitative estimate of drug-likeness (QED) is 0.914. The van der Waals surface area contributed by atoms with Crippen LogP contribution in [0.3, 0.4) is 0 Å². The molecule has 2 aromatic rings. The highest BCUT2D eigenvalue weighted by Crippen LogP contribution is 2.36. The molecular weight excluding hydrogens is 294 g/mol. The molecule has 21 heavy (non-hydrogen) atoms. The van der Waals surface area contributed by atoms with E-state index in [1.807, 2.05) is 0 Å². The SMILES string of the molecule is Cc1nc(C2CCCN2S(=O)(=O)c2c(C)noc2C)n[nH]1. The molecular formula is C12H17N5O3S. The van der Waals surface area contributed by atoms with Crippen LogP contribution in [0.1, 0.15) is 42.0 Å². The normalized spacial score (nSPS) is 20.2. The molecule has 0 saturated carbocycles. The van der Waals surface area contributed by atoms with Crippen molar-refractivity contribution in [3.63, 3.8) is 0 Å². The lowest BCUT2D eigenvalue weighted by Crippen LogP contribution is -2.31. The van der Waals surface area contributed by atoms with E-state index in [1.165, 1.54) is 4.31 Å². The molecule has 1 fully saturated rings. The first-order valence-corrected chi connectivity index (χ1v) is 8.19. The van der Waals surface area contributed by atoms with Crippen LogP contribution < -0.4 is 0 Å². The Morgan fingerprint density at radius 3 is 2.67 bits per heavy atom. The van der Waals surface area contributed by atoms with Crippen molar-refractivity contribution in [3.8, 4) is 0 Å². The van der Waals surface area contributed by atoms with Gasteiger partial charge in [-0.05, 0) is 33.6 Å². The summed E-state index contributed by atoms with van der Waals surface area (Å²) in [6, 6.07) is -0.339. The Morgan fingerprint density at radius 1 is 1.33 bits per heavy atom. The predicted octanol–water partition coefficient (Wildman–Crippen LogP) is 1.24. The molecule has 0 aromatic carbocycles. The van der Waals surface area contributed by atoms with E-state index in [-0.39, 0.29) is 10.9 Å². The van der Waals surface area contributed by atoms with E-state index in [1.54, 1.807) is 20.8 Å². The monoisotopic (exact) mass is 311 g/mol. The number of sulfonamides is 1. The number of H-pyrrole nitrogens is 1. The molecule has 1 unspecified atom stereocenters. The van der Waals surface area contributed by atoms with Gasteiger partial charge in [0.05, 0.1) is 6.04 Å². The van der Waals surface area contributed by atoms with E-state index in [0.717, 1.165) is 6.42 Å². The summed E-state index contributed by atoms with van der Waals surface area (Å²) < 4.78 is 32.2. The van der Waals surface area contributed by atoms with Gasteiger partial charge >= 0.3 is 0 Å². The minimum Gasteiger partial charge on any atom is -0.360 e. The molecule has 1 N–H and O–H groups in total. The van der Waals surface area contributed by atoms with Gasteiger partial charge < -0.3 is 4.52 Å². The van der Waals surface area contributed by atoms with Crippen molar-refractivity contribution in [1.82, 2.24) is 24.6 Å². The number of aromatic nitrogens is 4. The molecule has 3 rings (SSSR count). The van der Waals surface area contributed by atoms with Crippen molar-refractivity contribution in [2.75, 3.05) is 6.54 Å². The second-order valence-electron chi connectivity index (χ2n) is 5.21. The second-order valence-corrected chi connectivity index (χ2v) is 7.03. The van der Waals surface area contributed by atoms with Gasteiger partial charge in [0.25, 0.3) is 0 Å². The molecule has 0 radical (unpaired) electrons. The number of rotatable bonds is 3. The number of nitrogens with zero attached hydrogens (tertiary/aromatic N) is 4. The smallest absolute Gasteiger partial charge is 0.249 e. The Morgan fingerprint density at radius 2 is 2.10 bits per heavy atom. The first-order valence-electron chi connectivity index (χ1n) is 6.75. The number of nitrogens with one attached hydrogen (secondary N) is 1. The molecule has 114 valence electrons. The third kappa shape index (κ3) is 2.26. The highest BCUT2D eigenvalue weighted by Gasteiger charge is 2.40. The first kappa shape index (κ1) is 14.2. The average Bonchev–Trinajstić information content (AvgIpc) is 3.09. The molecule has 1 aliphatic heterocycles. The number of aromatic amines is 1. The fourth-order valence-electron chi connectivity index (χ4n) is 2.76. The van der Waals surface area contributed by atoms with Crippen LogP contribution in [0.15, 0.2) is 9.42 Å². The molecule has 1 saturated heterocycles. The maximum atomic E-state index is 12.9. The van der Waals surface area contributed by atoms with E-state index >= 15 is 0 Å². The lowest BCUT2D eigenvalue weighted by Gasteiger charge is -2.21. The summed E-state index contributed by atoms with van der Waals surface area (Å²) in [6.45, 7) is 5.48. The molecule has 2 aromatic heterocycles. The standard InChI is InChI=1S/C12H17N5O3S/c1-7-11(8(2)20-16-7)21(18,19)17-6-4-5-10(17)12-13-9(3)14-15-12/h10H,4-6H2,1-3H3,(H,13,14,15). The highest BCUT2D eigenvalue weighted by molar-refractivity contribution is 7.89. The Bertz CT molecular complexity index is 744. The maximum Gasteiger partial charge on any atom is 0.249 e. The Labute approximate surface area is 122 Å². The largest absolute Gasteiger partial charge is 0.360 e. The van der Waals surface area contributed by atoms with Crippen LogP contribution in [-0.2, 0) is 10.0 Å². The summed E-state index contributed by atoms with van der Waals surface area (Å²) in [5.74, 6) is 1.50. The fourth-order valence-corrected chi connectivity index (χ4v) is 4.70. The van der Waals surface area contributed by atoms with Crippen LogP contribution in [0.25, 0.3) is 0 Å². The van der Waals surface area contributed by atoms with Crippen LogP contribution in [0.4, 0.5) is 0 Å². The molecule has 1 atom stereocenters. The molecule has 1 aliphatic rings. The third-order valence-electron chi connectivity index (χ3n) is 3.65. The summed E-state index contributed by atoms with van der Waals surface area (Å²) in [7, 11) is -3.66. The molecule has 0 amide bonds. The molecule has 3 heterocycles. The Hall–Kier alpha value is -1.74. The van der Waals surface area contributed by atoms with Gasteiger partial charge in [-0.2, -0.15) is 9.40 Å². The van der Waals surface area contributed by atoms with Crippen LogP contribution in [0.5, 0.6) is 0 Å². The zero-order valence-corrected chi connectivity index (χ0v) is 12.9. The third-order valence-corrected chi connectivity index (χ3v) is 5.80. The highest BCUT2D eigenvalue weighted by atomic mass is 32.2. The molecule has 9 heteroatoms. The van der Waals surface area contributed by atoms with Gasteiger partial charge in [-0.1, -0.05) is 5.16 Å². The van der Waals surface area contributed by atoms with Crippen molar-refractivity contribution in [2.45, 2.75) is 44.6 Å². The number of hydrogen-bond donors (Lipinski definition) is 1. The lowest BCUT2D eigenvalue weighted by atomic mass is 10.2. The van der Waals surface area contributed by atoms with Crippen LogP contribution in [0, 0.1) is 20.8 Å². The van der Waals surface area contributed by atoms with Crippen LogP contribution >= 0.6 is 0 Å². The van der Waals surface area contributed by atoms with Gasteiger partial charge in [0.15, 0.2) is 11.6 Å². The van der Waals surface area contributed by atoms with Gasteiger partial charge in [-0.15, -0.1) is 0 Å². The molecule has 0 aliphatic carbocycles. The number of hydrogen-bond acceptors (Lipinski definition) is 6. The van der Waals surface area contributed by atoms with E-state index in [2.05, 4.69) is 20.3 Å². The van der Waals surface area contributed by atoms with Gasteiger partial charge in [-0.25, -0.2) is 13.4 Å². The van der Waals surface area contributed by atoms with Crippen molar-refractivity contribution in [1.29, 1.82) is 0 Å². The minimum absolute atomic E-state index is 0.154. The zero-order chi connectivity index (χ0) is 15.2. The van der Waals surface area contributed by atoms with Crippen molar-refractivity contribution in [3.05, 3.63) is 23.1 Å². The second kappa shape index (κ2) is 4.92. The summed E-state index contributed by atoms with van der Waals surface area (Å²) >= 11 is 0. The summed E-state index contributed by atoms with van der Waals surface area (Å²) in [5.41, 5.74) is 0.379. The van der Waals surface area contributed by atoms with E-state index in [0.29, 0.717) is 36.1 Å². The van der Waals surface area contributed by atoms with E-state index < -0.39 is 10.0 Å². The minimum atomic E-state index is -3.66. The van der Waals surface area contributed by atoms with Crippen molar-refractivity contribution < 1.29 is 12.9 Å². The molecule has 0 bridgehead atoms. The molecule has 0 spiro atoms. The lowest BCUT2D eigenvalue weighted by molar-refractivity contribution is 0.377. The van der Waals surface area contributed by atoms with E-state index in [9.17, 15) is 8.42 Å². The fraction of sp³-hybridized carbons (Fsp3) is 0.583. The predicted molar refractivity (Wildman–Crippen MR) is 73.0 cm³/mol.